The molecule has 0 unspecified atom stereocenters. The summed E-state index contributed by atoms with van der Waals surface area (Å²) in [6.07, 6.45) is 3.56. The fraction of sp³-hybridized carbons (Fsp3) is 0.643. The van der Waals surface area contributed by atoms with Gasteiger partial charge in [0, 0.05) is 46.8 Å². The average molecular weight is 292 g/mol. The number of carbonyl (C=O) groups excluding carboxylic acids is 1. The minimum atomic E-state index is 0.0975. The van der Waals surface area contributed by atoms with E-state index in [1.165, 1.54) is 0 Å². The predicted molar refractivity (Wildman–Crippen MR) is 83.7 cm³/mol. The first-order valence-corrected chi connectivity index (χ1v) is 7.33. The van der Waals surface area contributed by atoms with E-state index < -0.39 is 0 Å². The predicted octanol–water partition coefficient (Wildman–Crippen LogP) is -0.199. The molecule has 0 bridgehead atoms. The maximum Gasteiger partial charge on any atom is 0.234 e. The molecule has 1 aliphatic rings. The summed E-state index contributed by atoms with van der Waals surface area (Å²) < 4.78 is 0. The number of nitrogens with one attached hydrogen (secondary N) is 1. The summed E-state index contributed by atoms with van der Waals surface area (Å²) in [5.41, 5.74) is 0. The molecule has 1 fully saturated rings. The molecule has 116 valence electrons. The van der Waals surface area contributed by atoms with E-state index in [1.807, 2.05) is 25.9 Å². The highest BCUT2D eigenvalue weighted by Gasteiger charge is 2.20. The van der Waals surface area contributed by atoms with Crippen molar-refractivity contribution in [3.63, 3.8) is 0 Å². The quantitative estimate of drug-likeness (QED) is 0.811. The van der Waals surface area contributed by atoms with Crippen LogP contribution in [-0.4, -0.2) is 74.1 Å². The normalized spacial score (nSPS) is 15.9. The van der Waals surface area contributed by atoms with Gasteiger partial charge < -0.3 is 15.1 Å². The number of rotatable bonds is 5. The van der Waals surface area contributed by atoms with Crippen LogP contribution in [0.5, 0.6) is 0 Å². The van der Waals surface area contributed by atoms with Crippen molar-refractivity contribution in [1.82, 2.24) is 20.2 Å². The highest BCUT2D eigenvalue weighted by molar-refractivity contribution is 5.77. The summed E-state index contributed by atoms with van der Waals surface area (Å²) in [4.78, 5) is 26.8. The SMILES string of the molecule is CCNC(=O)CN1CCN(c2cncc(N(C)C)n2)CC1. The van der Waals surface area contributed by atoms with Gasteiger partial charge in [-0.05, 0) is 6.92 Å². The highest BCUT2D eigenvalue weighted by Crippen LogP contribution is 2.15. The smallest absolute Gasteiger partial charge is 0.234 e. The summed E-state index contributed by atoms with van der Waals surface area (Å²) in [7, 11) is 3.91. The molecule has 0 atom stereocenters. The molecule has 0 saturated carbocycles. The lowest BCUT2D eigenvalue weighted by Crippen LogP contribution is -2.49. The van der Waals surface area contributed by atoms with Gasteiger partial charge in [-0.15, -0.1) is 0 Å². The summed E-state index contributed by atoms with van der Waals surface area (Å²) in [5.74, 6) is 1.86. The van der Waals surface area contributed by atoms with Gasteiger partial charge in [-0.1, -0.05) is 0 Å². The number of amides is 1. The Balaban J connectivity index is 1.89. The minimum absolute atomic E-state index is 0.0975. The van der Waals surface area contributed by atoms with Gasteiger partial charge in [0.2, 0.25) is 5.91 Å². The Labute approximate surface area is 126 Å². The number of aromatic nitrogens is 2. The van der Waals surface area contributed by atoms with Crippen molar-refractivity contribution in [2.24, 2.45) is 0 Å². The van der Waals surface area contributed by atoms with Crippen LogP contribution in [0.25, 0.3) is 0 Å². The number of likely N-dealkylation sites (N-methyl/N-ethyl adjacent to an activating group) is 1. The molecule has 0 spiro atoms. The third kappa shape index (κ3) is 4.29. The van der Waals surface area contributed by atoms with E-state index in [4.69, 9.17) is 0 Å². The third-order valence-electron chi connectivity index (χ3n) is 3.50. The molecule has 1 aliphatic heterocycles. The molecule has 7 heteroatoms. The zero-order chi connectivity index (χ0) is 15.2. The molecule has 0 aliphatic carbocycles. The van der Waals surface area contributed by atoms with Crippen molar-refractivity contribution in [2.75, 3.05) is 63.2 Å². The standard InChI is InChI=1S/C14H24N6O/c1-4-16-14(21)11-19-5-7-20(8-6-19)13-10-15-9-12(17-13)18(2)3/h9-10H,4-8,11H2,1-3H3,(H,16,21). The van der Waals surface area contributed by atoms with Crippen LogP contribution >= 0.6 is 0 Å². The van der Waals surface area contributed by atoms with Gasteiger partial charge in [0.05, 0.1) is 18.9 Å². The van der Waals surface area contributed by atoms with E-state index in [0.717, 1.165) is 37.8 Å². The molecule has 21 heavy (non-hydrogen) atoms. The van der Waals surface area contributed by atoms with E-state index in [-0.39, 0.29) is 5.91 Å². The van der Waals surface area contributed by atoms with Crippen LogP contribution in [0.4, 0.5) is 11.6 Å². The van der Waals surface area contributed by atoms with Crippen LogP contribution in [0.3, 0.4) is 0 Å². The number of carbonyl (C=O) groups is 1. The highest BCUT2D eigenvalue weighted by atomic mass is 16.2. The number of anilines is 2. The van der Waals surface area contributed by atoms with Gasteiger partial charge in [0.25, 0.3) is 0 Å². The molecule has 7 nitrogen and oxygen atoms in total. The molecule has 0 radical (unpaired) electrons. The van der Waals surface area contributed by atoms with Crippen LogP contribution in [-0.2, 0) is 4.79 Å². The van der Waals surface area contributed by atoms with E-state index in [2.05, 4.69) is 25.1 Å². The second-order valence-electron chi connectivity index (χ2n) is 5.35. The Morgan fingerprint density at radius 3 is 2.62 bits per heavy atom. The van der Waals surface area contributed by atoms with Gasteiger partial charge in [0.1, 0.15) is 11.6 Å². The number of hydrogen-bond donors (Lipinski definition) is 1. The van der Waals surface area contributed by atoms with Crippen molar-refractivity contribution < 1.29 is 4.79 Å². The van der Waals surface area contributed by atoms with Crippen LogP contribution < -0.4 is 15.1 Å². The number of piperazine rings is 1. The van der Waals surface area contributed by atoms with Crippen LogP contribution in [0.15, 0.2) is 12.4 Å². The van der Waals surface area contributed by atoms with Crippen LogP contribution in [0.1, 0.15) is 6.92 Å². The summed E-state index contributed by atoms with van der Waals surface area (Å²) >= 11 is 0. The zero-order valence-corrected chi connectivity index (χ0v) is 13.0. The fourth-order valence-electron chi connectivity index (χ4n) is 2.30. The molecular formula is C14H24N6O. The van der Waals surface area contributed by atoms with Gasteiger partial charge in [-0.25, -0.2) is 4.98 Å². The molecule has 1 aromatic heterocycles. The first-order valence-electron chi connectivity index (χ1n) is 7.33. The van der Waals surface area contributed by atoms with Crippen molar-refractivity contribution >= 4 is 17.5 Å². The summed E-state index contributed by atoms with van der Waals surface area (Å²) in [5, 5.41) is 2.83. The molecular weight excluding hydrogens is 268 g/mol. The first-order chi connectivity index (χ1) is 10.1. The second-order valence-corrected chi connectivity index (χ2v) is 5.35. The minimum Gasteiger partial charge on any atom is -0.361 e. The number of nitrogens with zero attached hydrogens (tertiary/aromatic N) is 5. The molecule has 1 saturated heterocycles. The molecule has 2 heterocycles. The van der Waals surface area contributed by atoms with Crippen molar-refractivity contribution in [1.29, 1.82) is 0 Å². The van der Waals surface area contributed by atoms with Gasteiger partial charge in [0.15, 0.2) is 0 Å². The van der Waals surface area contributed by atoms with Crippen LogP contribution in [0, 0.1) is 0 Å². The lowest BCUT2D eigenvalue weighted by Gasteiger charge is -2.35. The lowest BCUT2D eigenvalue weighted by molar-refractivity contribution is -0.122. The van der Waals surface area contributed by atoms with E-state index in [1.54, 1.807) is 12.4 Å². The van der Waals surface area contributed by atoms with Crippen molar-refractivity contribution in [3.05, 3.63) is 12.4 Å². The Kier molecular flexibility index (Phi) is 5.32. The zero-order valence-electron chi connectivity index (χ0n) is 13.0. The van der Waals surface area contributed by atoms with Crippen molar-refractivity contribution in [2.45, 2.75) is 6.92 Å². The molecule has 1 amide bonds. The van der Waals surface area contributed by atoms with Gasteiger partial charge in [-0.3, -0.25) is 14.7 Å². The Morgan fingerprint density at radius 2 is 2.00 bits per heavy atom. The average Bonchev–Trinajstić information content (AvgIpc) is 2.48. The summed E-state index contributed by atoms with van der Waals surface area (Å²) in [6, 6.07) is 0. The van der Waals surface area contributed by atoms with E-state index in [0.29, 0.717) is 13.1 Å². The molecule has 1 N–H and O–H groups in total. The second kappa shape index (κ2) is 7.21. The van der Waals surface area contributed by atoms with Crippen LogP contribution in [0.2, 0.25) is 0 Å². The number of hydrogen-bond acceptors (Lipinski definition) is 6. The third-order valence-corrected chi connectivity index (χ3v) is 3.50. The topological polar surface area (TPSA) is 64.6 Å². The molecule has 2 rings (SSSR count). The van der Waals surface area contributed by atoms with Crippen molar-refractivity contribution in [3.8, 4) is 0 Å². The molecule has 0 aromatic carbocycles. The summed E-state index contributed by atoms with van der Waals surface area (Å²) in [6.45, 7) is 6.56. The monoisotopic (exact) mass is 292 g/mol. The van der Waals surface area contributed by atoms with E-state index >= 15 is 0 Å². The van der Waals surface area contributed by atoms with Gasteiger partial charge in [-0.2, -0.15) is 0 Å². The Morgan fingerprint density at radius 1 is 1.29 bits per heavy atom. The lowest BCUT2D eigenvalue weighted by atomic mass is 10.3. The largest absolute Gasteiger partial charge is 0.361 e. The van der Waals surface area contributed by atoms with E-state index in [9.17, 15) is 4.79 Å². The first kappa shape index (κ1) is 15.5. The van der Waals surface area contributed by atoms with Gasteiger partial charge >= 0.3 is 0 Å². The molecule has 1 aromatic rings. The maximum absolute atomic E-state index is 11.6. The fourth-order valence-corrected chi connectivity index (χ4v) is 2.30. The Bertz CT molecular complexity index is 470. The maximum atomic E-state index is 11.6. The Hall–Kier alpha value is -1.89.